The lowest BCUT2D eigenvalue weighted by atomic mass is 9.92. The van der Waals surface area contributed by atoms with Gasteiger partial charge in [-0.15, -0.1) is 0 Å². The van der Waals surface area contributed by atoms with E-state index in [1.165, 1.54) is 37.0 Å². The molecule has 0 bridgehead atoms. The van der Waals surface area contributed by atoms with Gasteiger partial charge in [0.2, 0.25) is 5.91 Å². The van der Waals surface area contributed by atoms with Gasteiger partial charge in [0.15, 0.2) is 5.16 Å². The van der Waals surface area contributed by atoms with Crippen LogP contribution in [-0.2, 0) is 16.8 Å². The molecule has 1 aliphatic carbocycles. The Morgan fingerprint density at radius 3 is 2.06 bits per heavy atom. The van der Waals surface area contributed by atoms with E-state index < -0.39 is 29.4 Å². The summed E-state index contributed by atoms with van der Waals surface area (Å²) in [6.07, 6.45) is -6.70. The number of thioether (sulfide) groups is 1. The van der Waals surface area contributed by atoms with Crippen LogP contribution in [0.2, 0.25) is 0 Å². The van der Waals surface area contributed by atoms with Gasteiger partial charge in [0.25, 0.3) is 5.60 Å². The Balaban J connectivity index is 1.61. The van der Waals surface area contributed by atoms with Crippen molar-refractivity contribution in [3.8, 4) is 0 Å². The van der Waals surface area contributed by atoms with E-state index in [1.807, 2.05) is 0 Å². The molecule has 0 saturated heterocycles. The highest BCUT2D eigenvalue weighted by Crippen LogP contribution is 2.50. The topological polar surface area (TPSA) is 75.1 Å². The van der Waals surface area contributed by atoms with Crippen LogP contribution in [0, 0.1) is 5.92 Å². The molecule has 0 unspecified atom stereocenters. The molecule has 1 aromatic heterocycles. The van der Waals surface area contributed by atoms with Crippen LogP contribution in [0.3, 0.4) is 0 Å². The van der Waals surface area contributed by atoms with Crippen LogP contribution in [0.5, 0.6) is 0 Å². The molecule has 5 nitrogen and oxygen atoms in total. The molecule has 1 amide bonds. The third-order valence-corrected chi connectivity index (χ3v) is 5.71. The van der Waals surface area contributed by atoms with Crippen molar-refractivity contribution in [1.82, 2.24) is 9.97 Å². The molecule has 1 fully saturated rings. The van der Waals surface area contributed by atoms with Gasteiger partial charge in [-0.25, -0.2) is 9.97 Å². The Morgan fingerprint density at radius 2 is 1.58 bits per heavy atom. The van der Waals surface area contributed by atoms with Crippen molar-refractivity contribution in [1.29, 1.82) is 0 Å². The SMILES string of the molecule is O=C(Cc1cnc(SCC2CC2)nc1)Nc1ccc(C(O)(C(F)(F)F)C(F)(F)F)cc1. The number of carbonyl (C=O) groups excluding carboxylic acids is 1. The summed E-state index contributed by atoms with van der Waals surface area (Å²) >= 11 is 1.52. The summed E-state index contributed by atoms with van der Waals surface area (Å²) < 4.78 is 77.4. The van der Waals surface area contributed by atoms with Gasteiger partial charge >= 0.3 is 12.4 Å². The van der Waals surface area contributed by atoms with Crippen LogP contribution < -0.4 is 5.32 Å². The molecule has 0 radical (unpaired) electrons. The van der Waals surface area contributed by atoms with E-state index in [0.29, 0.717) is 28.8 Å². The van der Waals surface area contributed by atoms with E-state index in [0.717, 1.165) is 17.9 Å². The molecule has 0 atom stereocenters. The van der Waals surface area contributed by atoms with Crippen molar-refractivity contribution in [2.24, 2.45) is 5.92 Å². The number of rotatable bonds is 7. The van der Waals surface area contributed by atoms with Crippen molar-refractivity contribution in [2.75, 3.05) is 11.1 Å². The Hall–Kier alpha value is -2.34. The maximum absolute atomic E-state index is 12.9. The molecule has 0 spiro atoms. The van der Waals surface area contributed by atoms with Gasteiger partial charge in [-0.3, -0.25) is 4.79 Å². The number of hydrogen-bond acceptors (Lipinski definition) is 5. The first kappa shape index (κ1) is 23.3. The average Bonchev–Trinajstić information content (AvgIpc) is 3.50. The van der Waals surface area contributed by atoms with E-state index in [4.69, 9.17) is 0 Å². The van der Waals surface area contributed by atoms with Crippen LogP contribution in [0.1, 0.15) is 24.0 Å². The fourth-order valence-corrected chi connectivity index (χ4v) is 3.63. The Labute approximate surface area is 177 Å². The van der Waals surface area contributed by atoms with Crippen molar-refractivity contribution in [3.05, 3.63) is 47.8 Å². The quantitative estimate of drug-likeness (QED) is 0.359. The molecule has 1 aromatic carbocycles. The summed E-state index contributed by atoms with van der Waals surface area (Å²) in [5, 5.41) is 12.3. The molecule has 1 aliphatic rings. The van der Waals surface area contributed by atoms with Crippen molar-refractivity contribution >= 4 is 23.4 Å². The summed E-state index contributed by atoms with van der Waals surface area (Å²) in [6.45, 7) is 0. The highest BCUT2D eigenvalue weighted by molar-refractivity contribution is 7.99. The van der Waals surface area contributed by atoms with E-state index in [1.54, 1.807) is 0 Å². The fraction of sp³-hybridized carbons (Fsp3) is 0.421. The molecule has 31 heavy (non-hydrogen) atoms. The lowest BCUT2D eigenvalue weighted by Crippen LogP contribution is -2.53. The predicted octanol–water partition coefficient (Wildman–Crippen LogP) is 4.47. The van der Waals surface area contributed by atoms with Gasteiger partial charge in [-0.2, -0.15) is 26.3 Å². The molecule has 3 rings (SSSR count). The Morgan fingerprint density at radius 1 is 1.03 bits per heavy atom. The Bertz CT molecular complexity index is 898. The maximum Gasteiger partial charge on any atom is 0.430 e. The molecule has 2 N–H and O–H groups in total. The second kappa shape index (κ2) is 8.65. The van der Waals surface area contributed by atoms with Crippen molar-refractivity contribution in [3.63, 3.8) is 0 Å². The zero-order valence-corrected chi connectivity index (χ0v) is 16.6. The molecule has 168 valence electrons. The second-order valence-corrected chi connectivity index (χ2v) is 8.12. The lowest BCUT2D eigenvalue weighted by molar-refractivity contribution is -0.376. The molecular formula is C19H17F6N3O2S. The molecule has 1 saturated carbocycles. The van der Waals surface area contributed by atoms with Crippen LogP contribution >= 0.6 is 11.8 Å². The minimum Gasteiger partial charge on any atom is -0.369 e. The number of carbonyl (C=O) groups is 1. The largest absolute Gasteiger partial charge is 0.430 e. The molecule has 12 heteroatoms. The van der Waals surface area contributed by atoms with Crippen molar-refractivity contribution < 1.29 is 36.2 Å². The first-order chi connectivity index (χ1) is 14.4. The second-order valence-electron chi connectivity index (χ2n) is 7.14. The van der Waals surface area contributed by atoms with Gasteiger partial charge in [-0.1, -0.05) is 23.9 Å². The fourth-order valence-electron chi connectivity index (χ4n) is 2.66. The van der Waals surface area contributed by atoms with E-state index in [9.17, 15) is 36.2 Å². The average molecular weight is 465 g/mol. The zero-order valence-electron chi connectivity index (χ0n) is 15.8. The number of hydrogen-bond donors (Lipinski definition) is 2. The molecular weight excluding hydrogens is 448 g/mol. The summed E-state index contributed by atoms with van der Waals surface area (Å²) in [5.74, 6) is 1.08. The third-order valence-electron chi connectivity index (χ3n) is 4.60. The number of aromatic nitrogens is 2. The zero-order chi connectivity index (χ0) is 22.9. The first-order valence-electron chi connectivity index (χ1n) is 9.10. The lowest BCUT2D eigenvalue weighted by Gasteiger charge is -2.32. The van der Waals surface area contributed by atoms with Gasteiger partial charge in [0.05, 0.1) is 6.42 Å². The number of halogens is 6. The van der Waals surface area contributed by atoms with Gasteiger partial charge in [-0.05, 0) is 36.5 Å². The first-order valence-corrected chi connectivity index (χ1v) is 10.1. The highest BCUT2D eigenvalue weighted by Gasteiger charge is 2.71. The smallest absolute Gasteiger partial charge is 0.369 e. The monoisotopic (exact) mass is 465 g/mol. The molecule has 1 heterocycles. The number of amides is 1. The number of benzene rings is 1. The standard InChI is InChI=1S/C19H17F6N3O2S/c20-18(21,22)17(30,19(23,24)25)13-3-5-14(6-4-13)28-15(29)7-12-8-26-16(27-9-12)31-10-11-1-2-11/h3-6,8-9,11,30H,1-2,7,10H2,(H,28,29). The molecule has 0 aliphatic heterocycles. The molecule has 2 aromatic rings. The number of aliphatic hydroxyl groups is 1. The van der Waals surface area contributed by atoms with Gasteiger partial charge in [0, 0.05) is 29.4 Å². The van der Waals surface area contributed by atoms with E-state index in [-0.39, 0.29) is 12.1 Å². The number of alkyl halides is 6. The van der Waals surface area contributed by atoms with Crippen LogP contribution in [0.4, 0.5) is 32.0 Å². The summed E-state index contributed by atoms with van der Waals surface area (Å²) in [7, 11) is 0. The number of nitrogens with zero attached hydrogens (tertiary/aromatic N) is 2. The summed E-state index contributed by atoms with van der Waals surface area (Å²) in [6, 6.07) is 2.63. The van der Waals surface area contributed by atoms with Crippen LogP contribution in [-0.4, -0.2) is 39.1 Å². The van der Waals surface area contributed by atoms with Crippen molar-refractivity contribution in [2.45, 2.75) is 42.4 Å². The number of anilines is 1. The summed E-state index contributed by atoms with van der Waals surface area (Å²) in [5.41, 5.74) is -5.95. The predicted molar refractivity (Wildman–Crippen MR) is 100 cm³/mol. The minimum atomic E-state index is -5.97. The van der Waals surface area contributed by atoms with E-state index in [2.05, 4.69) is 15.3 Å². The minimum absolute atomic E-state index is 0.0297. The van der Waals surface area contributed by atoms with Crippen LogP contribution in [0.15, 0.2) is 41.8 Å². The summed E-state index contributed by atoms with van der Waals surface area (Å²) in [4.78, 5) is 20.4. The van der Waals surface area contributed by atoms with E-state index >= 15 is 0 Å². The van der Waals surface area contributed by atoms with Crippen LogP contribution in [0.25, 0.3) is 0 Å². The maximum atomic E-state index is 12.9. The third kappa shape index (κ3) is 5.48. The highest BCUT2D eigenvalue weighted by atomic mass is 32.2. The Kier molecular flexibility index (Phi) is 6.51. The van der Waals surface area contributed by atoms with Gasteiger partial charge in [0.1, 0.15) is 0 Å². The number of nitrogens with one attached hydrogen (secondary N) is 1. The normalized spacial score (nSPS) is 15.1. The van der Waals surface area contributed by atoms with Gasteiger partial charge < -0.3 is 10.4 Å².